The van der Waals surface area contributed by atoms with E-state index in [4.69, 9.17) is 0 Å². The van der Waals surface area contributed by atoms with Crippen LogP contribution in [0.2, 0.25) is 0 Å². The first-order valence-electron chi connectivity index (χ1n) is 7.84. The standard InChI is InChI=1S/C20H20BrN3O/c1-12-5-6-18(17(21)9-12)23-11-16(10-22)20(25)24-19-14(3)7-13(2)8-15(19)4/h5-9,11,23H,1-4H3,(H,24,25)/b16-11-. The maximum Gasteiger partial charge on any atom is 0.267 e. The van der Waals surface area contributed by atoms with Crippen LogP contribution in [0.3, 0.4) is 0 Å². The van der Waals surface area contributed by atoms with Gasteiger partial charge in [0.2, 0.25) is 0 Å². The minimum absolute atomic E-state index is 0.00634. The summed E-state index contributed by atoms with van der Waals surface area (Å²) in [6, 6.07) is 11.7. The van der Waals surface area contributed by atoms with Crippen LogP contribution in [0.4, 0.5) is 11.4 Å². The summed E-state index contributed by atoms with van der Waals surface area (Å²) in [5, 5.41) is 15.2. The van der Waals surface area contributed by atoms with E-state index in [0.29, 0.717) is 0 Å². The van der Waals surface area contributed by atoms with Gasteiger partial charge in [0.1, 0.15) is 11.6 Å². The molecule has 0 aliphatic heterocycles. The van der Waals surface area contributed by atoms with Crippen LogP contribution in [0.25, 0.3) is 0 Å². The van der Waals surface area contributed by atoms with Crippen molar-refractivity contribution in [3.05, 3.63) is 68.8 Å². The van der Waals surface area contributed by atoms with Crippen LogP contribution < -0.4 is 10.6 Å². The van der Waals surface area contributed by atoms with Crippen molar-refractivity contribution in [3.8, 4) is 6.07 Å². The normalized spacial score (nSPS) is 11.0. The zero-order valence-electron chi connectivity index (χ0n) is 14.7. The van der Waals surface area contributed by atoms with Gasteiger partial charge >= 0.3 is 0 Å². The molecule has 0 saturated carbocycles. The molecule has 2 rings (SSSR count). The molecule has 0 heterocycles. The van der Waals surface area contributed by atoms with Gasteiger partial charge in [-0.25, -0.2) is 0 Å². The molecule has 0 spiro atoms. The Hall–Kier alpha value is -2.58. The lowest BCUT2D eigenvalue weighted by molar-refractivity contribution is -0.112. The average molecular weight is 398 g/mol. The van der Waals surface area contributed by atoms with Crippen LogP contribution in [0.5, 0.6) is 0 Å². The van der Waals surface area contributed by atoms with E-state index in [9.17, 15) is 10.1 Å². The Labute approximate surface area is 156 Å². The third-order valence-corrected chi connectivity index (χ3v) is 4.43. The topological polar surface area (TPSA) is 64.9 Å². The van der Waals surface area contributed by atoms with Gasteiger partial charge in [-0.1, -0.05) is 23.8 Å². The van der Waals surface area contributed by atoms with Crippen molar-refractivity contribution in [2.45, 2.75) is 27.7 Å². The van der Waals surface area contributed by atoms with E-state index in [1.165, 1.54) is 6.20 Å². The number of nitrogens with zero attached hydrogens (tertiary/aromatic N) is 1. The molecule has 0 aliphatic carbocycles. The molecule has 2 aromatic rings. The monoisotopic (exact) mass is 397 g/mol. The molecule has 0 aromatic heterocycles. The van der Waals surface area contributed by atoms with Gasteiger partial charge in [-0.2, -0.15) is 5.26 Å². The third-order valence-electron chi connectivity index (χ3n) is 3.78. The summed E-state index contributed by atoms with van der Waals surface area (Å²) >= 11 is 3.46. The second-order valence-corrected chi connectivity index (χ2v) is 6.88. The van der Waals surface area contributed by atoms with E-state index in [1.807, 2.05) is 64.1 Å². The van der Waals surface area contributed by atoms with Crippen molar-refractivity contribution in [1.29, 1.82) is 5.26 Å². The van der Waals surface area contributed by atoms with Gasteiger partial charge in [-0.15, -0.1) is 0 Å². The number of carbonyl (C=O) groups is 1. The summed E-state index contributed by atoms with van der Waals surface area (Å²) in [5.74, 6) is -0.437. The number of halogens is 1. The van der Waals surface area contributed by atoms with Crippen molar-refractivity contribution in [2.75, 3.05) is 10.6 Å². The fraction of sp³-hybridized carbons (Fsp3) is 0.200. The number of anilines is 2. The highest BCUT2D eigenvalue weighted by Crippen LogP contribution is 2.24. The molecule has 2 aromatic carbocycles. The molecule has 0 fully saturated rings. The Bertz CT molecular complexity index is 871. The summed E-state index contributed by atoms with van der Waals surface area (Å²) in [6.07, 6.45) is 1.42. The first-order chi connectivity index (χ1) is 11.8. The maximum absolute atomic E-state index is 12.4. The minimum atomic E-state index is -0.437. The smallest absolute Gasteiger partial charge is 0.267 e. The number of aryl methyl sites for hydroxylation is 4. The molecule has 1 amide bonds. The van der Waals surface area contributed by atoms with Crippen LogP contribution in [-0.2, 0) is 4.79 Å². The molecule has 0 radical (unpaired) electrons. The lowest BCUT2D eigenvalue weighted by atomic mass is 10.0. The summed E-state index contributed by atoms with van der Waals surface area (Å²) in [4.78, 5) is 12.4. The highest BCUT2D eigenvalue weighted by Gasteiger charge is 2.13. The van der Waals surface area contributed by atoms with E-state index in [0.717, 1.165) is 38.1 Å². The van der Waals surface area contributed by atoms with Gasteiger partial charge in [0.15, 0.2) is 0 Å². The summed E-state index contributed by atoms with van der Waals surface area (Å²) in [5.41, 5.74) is 5.73. The predicted octanol–water partition coefficient (Wildman–Crippen LogP) is 5.14. The number of hydrogen-bond donors (Lipinski definition) is 2. The van der Waals surface area contributed by atoms with Gasteiger partial charge in [0.05, 0.1) is 5.69 Å². The Morgan fingerprint density at radius 2 is 1.72 bits per heavy atom. The number of benzene rings is 2. The lowest BCUT2D eigenvalue weighted by Gasteiger charge is -2.12. The molecule has 5 heteroatoms. The molecule has 128 valence electrons. The predicted molar refractivity (Wildman–Crippen MR) is 105 cm³/mol. The minimum Gasteiger partial charge on any atom is -0.359 e. The number of amides is 1. The average Bonchev–Trinajstić information content (AvgIpc) is 2.53. The Balaban J connectivity index is 2.20. The molecule has 0 atom stereocenters. The summed E-state index contributed by atoms with van der Waals surface area (Å²) in [6.45, 7) is 7.88. The molecule has 0 unspecified atom stereocenters. The first-order valence-corrected chi connectivity index (χ1v) is 8.63. The van der Waals surface area contributed by atoms with Crippen LogP contribution in [0, 0.1) is 39.0 Å². The molecule has 4 nitrogen and oxygen atoms in total. The molecule has 0 saturated heterocycles. The Morgan fingerprint density at radius 1 is 1.08 bits per heavy atom. The van der Waals surface area contributed by atoms with Crippen molar-refractivity contribution in [3.63, 3.8) is 0 Å². The van der Waals surface area contributed by atoms with E-state index in [-0.39, 0.29) is 5.57 Å². The zero-order chi connectivity index (χ0) is 18.6. The fourth-order valence-electron chi connectivity index (χ4n) is 2.59. The lowest BCUT2D eigenvalue weighted by Crippen LogP contribution is -2.16. The zero-order valence-corrected chi connectivity index (χ0v) is 16.3. The fourth-order valence-corrected chi connectivity index (χ4v) is 3.20. The Morgan fingerprint density at radius 3 is 2.28 bits per heavy atom. The van der Waals surface area contributed by atoms with E-state index in [1.54, 1.807) is 0 Å². The van der Waals surface area contributed by atoms with Gasteiger partial charge in [0.25, 0.3) is 5.91 Å². The molecular weight excluding hydrogens is 378 g/mol. The summed E-state index contributed by atoms with van der Waals surface area (Å²) in [7, 11) is 0. The number of carbonyl (C=O) groups excluding carboxylic acids is 1. The van der Waals surface area contributed by atoms with Gasteiger partial charge in [-0.05, 0) is 72.4 Å². The van der Waals surface area contributed by atoms with Crippen LogP contribution >= 0.6 is 15.9 Å². The number of rotatable bonds is 4. The number of hydrogen-bond acceptors (Lipinski definition) is 3. The van der Waals surface area contributed by atoms with Crippen LogP contribution in [0.1, 0.15) is 22.3 Å². The van der Waals surface area contributed by atoms with E-state index >= 15 is 0 Å². The second kappa shape index (κ2) is 8.00. The van der Waals surface area contributed by atoms with Crippen molar-refractivity contribution >= 4 is 33.2 Å². The molecule has 2 N–H and O–H groups in total. The van der Waals surface area contributed by atoms with Crippen LogP contribution in [0.15, 0.2) is 46.6 Å². The number of nitriles is 1. The molecule has 25 heavy (non-hydrogen) atoms. The second-order valence-electron chi connectivity index (χ2n) is 6.03. The maximum atomic E-state index is 12.4. The van der Waals surface area contributed by atoms with Crippen molar-refractivity contribution < 1.29 is 4.79 Å². The first kappa shape index (κ1) is 18.8. The van der Waals surface area contributed by atoms with E-state index < -0.39 is 5.91 Å². The molecular formula is C20H20BrN3O. The van der Waals surface area contributed by atoms with Gasteiger partial charge in [0, 0.05) is 16.4 Å². The van der Waals surface area contributed by atoms with Crippen LogP contribution in [-0.4, -0.2) is 5.91 Å². The van der Waals surface area contributed by atoms with Gasteiger partial charge < -0.3 is 10.6 Å². The highest BCUT2D eigenvalue weighted by atomic mass is 79.9. The summed E-state index contributed by atoms with van der Waals surface area (Å²) < 4.78 is 0.867. The van der Waals surface area contributed by atoms with Gasteiger partial charge in [-0.3, -0.25) is 4.79 Å². The molecule has 0 bridgehead atoms. The van der Waals surface area contributed by atoms with Crippen molar-refractivity contribution in [1.82, 2.24) is 0 Å². The molecule has 0 aliphatic rings. The Kier molecular flexibility index (Phi) is 6.00. The largest absolute Gasteiger partial charge is 0.359 e. The number of nitrogens with one attached hydrogen (secondary N) is 2. The third kappa shape index (κ3) is 4.71. The quantitative estimate of drug-likeness (QED) is 0.554. The van der Waals surface area contributed by atoms with Crippen molar-refractivity contribution in [2.24, 2.45) is 0 Å². The SMILES string of the molecule is Cc1cc(C)c(NC(=O)/C(C#N)=C\Nc2ccc(C)cc2Br)c(C)c1. The van der Waals surface area contributed by atoms with E-state index in [2.05, 4.69) is 26.6 Å². The highest BCUT2D eigenvalue weighted by molar-refractivity contribution is 9.10.